The quantitative estimate of drug-likeness (QED) is 0.588. The molecule has 2 aromatic carbocycles. The summed E-state index contributed by atoms with van der Waals surface area (Å²) in [5.74, 6) is -0.128. The lowest BCUT2D eigenvalue weighted by molar-refractivity contribution is -0.123. The molecular formula is C24H26N4OS. The van der Waals surface area contributed by atoms with Crippen molar-refractivity contribution in [2.75, 3.05) is 5.32 Å². The number of aromatic nitrogens is 1. The van der Waals surface area contributed by atoms with Gasteiger partial charge in [-0.05, 0) is 49.6 Å². The molecule has 6 heteroatoms. The molecule has 1 saturated carbocycles. The van der Waals surface area contributed by atoms with Gasteiger partial charge in [-0.2, -0.15) is 5.26 Å². The molecule has 0 radical (unpaired) electrons. The van der Waals surface area contributed by atoms with E-state index >= 15 is 0 Å². The monoisotopic (exact) mass is 418 g/mol. The molecule has 1 heterocycles. The van der Waals surface area contributed by atoms with Gasteiger partial charge in [-0.25, -0.2) is 4.98 Å². The number of nitriles is 1. The average molecular weight is 419 g/mol. The lowest BCUT2D eigenvalue weighted by atomic mass is 9.82. The predicted molar refractivity (Wildman–Crippen MR) is 122 cm³/mol. The second kappa shape index (κ2) is 8.85. The van der Waals surface area contributed by atoms with Gasteiger partial charge in [0.15, 0.2) is 0 Å². The summed E-state index contributed by atoms with van der Waals surface area (Å²) in [7, 11) is 0. The Kier molecular flexibility index (Phi) is 6.01. The number of amides is 1. The fourth-order valence-corrected chi connectivity index (χ4v) is 4.97. The van der Waals surface area contributed by atoms with Crippen LogP contribution < -0.4 is 10.6 Å². The number of rotatable bonds is 6. The van der Waals surface area contributed by atoms with E-state index in [9.17, 15) is 10.1 Å². The number of nitrogens with one attached hydrogen (secondary N) is 2. The zero-order chi connectivity index (χ0) is 21.0. The van der Waals surface area contributed by atoms with Crippen LogP contribution in [0.15, 0.2) is 48.5 Å². The molecule has 1 aliphatic carbocycles. The highest BCUT2D eigenvalue weighted by Crippen LogP contribution is 2.28. The van der Waals surface area contributed by atoms with Crippen LogP contribution in [0.3, 0.4) is 0 Å². The van der Waals surface area contributed by atoms with Gasteiger partial charge in [0.25, 0.3) is 0 Å². The van der Waals surface area contributed by atoms with Crippen LogP contribution in [0.25, 0.3) is 10.2 Å². The molecule has 1 aromatic heterocycles. The van der Waals surface area contributed by atoms with Crippen LogP contribution in [0.4, 0.5) is 5.69 Å². The molecule has 4 rings (SSSR count). The molecule has 1 atom stereocenters. The number of fused-ring (bicyclic) bond motifs is 1. The number of nitrogens with zero attached hydrogens (tertiary/aromatic N) is 2. The normalized spacial score (nSPS) is 16.5. The lowest BCUT2D eigenvalue weighted by Crippen LogP contribution is -2.52. The summed E-state index contributed by atoms with van der Waals surface area (Å²) in [6.07, 6.45) is 5.39. The number of anilines is 1. The Morgan fingerprint density at radius 3 is 2.60 bits per heavy atom. The molecule has 0 saturated heterocycles. The van der Waals surface area contributed by atoms with Gasteiger partial charge in [0.2, 0.25) is 5.91 Å². The standard InChI is InChI=1S/C24H26N4OS/c1-17(23(29)28-24(16-25)13-5-2-6-14-24)26-19-11-9-18(10-12-19)15-22-27-20-7-3-4-8-21(20)30-22/h3-4,7-12,17,26H,2,5-6,13-15H2,1H3,(H,28,29)/t17-/m1/s1. The van der Waals surface area contributed by atoms with Crippen LogP contribution in [0.1, 0.15) is 49.6 Å². The molecule has 0 spiro atoms. The summed E-state index contributed by atoms with van der Waals surface area (Å²) in [5, 5.41) is 16.9. The van der Waals surface area contributed by atoms with E-state index in [-0.39, 0.29) is 5.91 Å². The van der Waals surface area contributed by atoms with Crippen molar-refractivity contribution in [3.05, 3.63) is 59.1 Å². The third-order valence-corrected chi connectivity index (χ3v) is 6.74. The molecule has 5 nitrogen and oxygen atoms in total. The minimum absolute atomic E-state index is 0.128. The predicted octanol–water partition coefficient (Wildman–Crippen LogP) is 5.03. The zero-order valence-electron chi connectivity index (χ0n) is 17.1. The highest BCUT2D eigenvalue weighted by atomic mass is 32.1. The van der Waals surface area contributed by atoms with Gasteiger partial charge in [0.1, 0.15) is 11.6 Å². The summed E-state index contributed by atoms with van der Waals surface area (Å²) < 4.78 is 1.21. The van der Waals surface area contributed by atoms with E-state index in [1.165, 1.54) is 10.3 Å². The summed E-state index contributed by atoms with van der Waals surface area (Å²) in [5.41, 5.74) is 2.42. The summed E-state index contributed by atoms with van der Waals surface area (Å²) in [6.45, 7) is 1.83. The fraction of sp³-hybridized carbons (Fsp3) is 0.375. The van der Waals surface area contributed by atoms with Crippen LogP contribution >= 0.6 is 11.3 Å². The summed E-state index contributed by atoms with van der Waals surface area (Å²) >= 11 is 1.72. The lowest BCUT2D eigenvalue weighted by Gasteiger charge is -2.32. The van der Waals surface area contributed by atoms with Gasteiger partial charge in [-0.1, -0.05) is 43.5 Å². The Bertz CT molecular complexity index is 1030. The molecule has 3 aromatic rings. The average Bonchev–Trinajstić information content (AvgIpc) is 3.18. The number of para-hydroxylation sites is 1. The summed E-state index contributed by atoms with van der Waals surface area (Å²) in [6, 6.07) is 18.2. The van der Waals surface area contributed by atoms with Gasteiger partial charge in [-0.15, -0.1) is 11.3 Å². The first-order chi connectivity index (χ1) is 14.6. The van der Waals surface area contributed by atoms with Crippen LogP contribution in [0, 0.1) is 11.3 Å². The van der Waals surface area contributed by atoms with E-state index in [0.29, 0.717) is 0 Å². The number of hydrogen-bond acceptors (Lipinski definition) is 5. The first-order valence-corrected chi connectivity index (χ1v) is 11.3. The minimum Gasteiger partial charge on any atom is -0.374 e. The molecule has 0 unspecified atom stereocenters. The van der Waals surface area contributed by atoms with Gasteiger partial charge in [-0.3, -0.25) is 4.79 Å². The van der Waals surface area contributed by atoms with Gasteiger partial charge in [0, 0.05) is 12.1 Å². The maximum absolute atomic E-state index is 12.6. The minimum atomic E-state index is -0.702. The Morgan fingerprint density at radius 2 is 1.90 bits per heavy atom. The number of carbonyl (C=O) groups excluding carboxylic acids is 1. The van der Waals surface area contributed by atoms with Crippen LogP contribution in [0.5, 0.6) is 0 Å². The van der Waals surface area contributed by atoms with Crippen LogP contribution in [-0.2, 0) is 11.2 Å². The molecule has 154 valence electrons. The first kappa shape index (κ1) is 20.4. The van der Waals surface area contributed by atoms with E-state index < -0.39 is 11.6 Å². The van der Waals surface area contributed by atoms with Crippen molar-refractivity contribution in [3.8, 4) is 6.07 Å². The number of benzene rings is 2. The van der Waals surface area contributed by atoms with Crippen molar-refractivity contribution in [3.63, 3.8) is 0 Å². The maximum atomic E-state index is 12.6. The van der Waals surface area contributed by atoms with Crippen molar-refractivity contribution in [2.24, 2.45) is 0 Å². The fourth-order valence-electron chi connectivity index (χ4n) is 3.97. The maximum Gasteiger partial charge on any atom is 0.243 e. The molecule has 2 N–H and O–H groups in total. The Hall–Kier alpha value is -2.91. The smallest absolute Gasteiger partial charge is 0.243 e. The number of carbonyl (C=O) groups is 1. The second-order valence-corrected chi connectivity index (χ2v) is 9.17. The second-order valence-electron chi connectivity index (χ2n) is 8.06. The van der Waals surface area contributed by atoms with E-state index in [1.807, 2.05) is 37.3 Å². The largest absolute Gasteiger partial charge is 0.374 e. The SMILES string of the molecule is C[C@@H](Nc1ccc(Cc2nc3ccccc3s2)cc1)C(=O)NC1(C#N)CCCCC1. The van der Waals surface area contributed by atoms with E-state index in [1.54, 1.807) is 11.3 Å². The van der Waals surface area contributed by atoms with Crippen LogP contribution in [0.2, 0.25) is 0 Å². The van der Waals surface area contributed by atoms with Crippen molar-refractivity contribution >= 4 is 33.1 Å². The first-order valence-electron chi connectivity index (χ1n) is 10.5. The van der Waals surface area contributed by atoms with Crippen molar-refractivity contribution in [1.29, 1.82) is 5.26 Å². The Labute approximate surface area is 181 Å². The van der Waals surface area contributed by atoms with E-state index in [4.69, 9.17) is 4.98 Å². The van der Waals surface area contributed by atoms with E-state index in [2.05, 4.69) is 34.9 Å². The highest BCUT2D eigenvalue weighted by Gasteiger charge is 2.34. The Balaban J connectivity index is 1.35. The zero-order valence-corrected chi connectivity index (χ0v) is 18.0. The molecule has 0 bridgehead atoms. The number of thiazole rings is 1. The van der Waals surface area contributed by atoms with E-state index in [0.717, 1.165) is 54.7 Å². The van der Waals surface area contributed by atoms with Crippen molar-refractivity contribution in [1.82, 2.24) is 10.3 Å². The highest BCUT2D eigenvalue weighted by molar-refractivity contribution is 7.18. The van der Waals surface area contributed by atoms with Gasteiger partial charge >= 0.3 is 0 Å². The summed E-state index contributed by atoms with van der Waals surface area (Å²) in [4.78, 5) is 17.3. The molecule has 1 fully saturated rings. The topological polar surface area (TPSA) is 77.8 Å². The molecule has 1 aliphatic rings. The number of hydrogen-bond donors (Lipinski definition) is 2. The molecule has 0 aliphatic heterocycles. The van der Waals surface area contributed by atoms with Crippen LogP contribution in [-0.4, -0.2) is 22.5 Å². The third kappa shape index (κ3) is 4.63. The van der Waals surface area contributed by atoms with Crippen molar-refractivity contribution in [2.45, 2.75) is 57.0 Å². The van der Waals surface area contributed by atoms with Crippen molar-refractivity contribution < 1.29 is 4.79 Å². The van der Waals surface area contributed by atoms with Gasteiger partial charge in [0.05, 0.1) is 21.3 Å². The Morgan fingerprint density at radius 1 is 1.17 bits per heavy atom. The third-order valence-electron chi connectivity index (χ3n) is 5.71. The molecular weight excluding hydrogens is 392 g/mol. The molecule has 1 amide bonds. The van der Waals surface area contributed by atoms with Gasteiger partial charge < -0.3 is 10.6 Å². The molecule has 30 heavy (non-hydrogen) atoms.